The molecule has 306 valence electrons. The van der Waals surface area contributed by atoms with Crippen LogP contribution in [0.2, 0.25) is 0 Å². The zero-order chi connectivity index (χ0) is 43.0. The zero-order valence-corrected chi connectivity index (χ0v) is 33.8. The largest absolute Gasteiger partial charge is 0.480 e. The first kappa shape index (κ1) is 46.3. The molecule has 0 aliphatic heterocycles. The van der Waals surface area contributed by atoms with Gasteiger partial charge in [-0.25, -0.2) is 0 Å². The van der Waals surface area contributed by atoms with Crippen molar-refractivity contribution < 1.29 is 33.9 Å². The predicted molar refractivity (Wildman–Crippen MR) is 231 cm³/mol. The Kier molecular flexibility index (Phi) is 19.8. The molecule has 12 nitrogen and oxygen atoms in total. The average molecular weight is 816 g/mol. The van der Waals surface area contributed by atoms with Crippen molar-refractivity contribution in [3.8, 4) is 24.0 Å². The van der Waals surface area contributed by atoms with Crippen molar-refractivity contribution in [2.75, 3.05) is 18.4 Å². The van der Waals surface area contributed by atoms with Crippen LogP contribution >= 0.6 is 11.3 Å². The molecule has 0 aliphatic carbocycles. The fourth-order valence-electron chi connectivity index (χ4n) is 5.49. The molecule has 5 aromatic rings. The summed E-state index contributed by atoms with van der Waals surface area (Å²) in [6.07, 6.45) is 7.86. The number of thiophene rings is 1. The summed E-state index contributed by atoms with van der Waals surface area (Å²) in [5, 5.41) is 24.0. The molecule has 2 atom stereocenters. The first-order valence-electron chi connectivity index (χ1n) is 18.7. The van der Waals surface area contributed by atoms with E-state index in [9.17, 15) is 28.8 Å². The third kappa shape index (κ3) is 17.7. The summed E-state index contributed by atoms with van der Waals surface area (Å²) in [6.45, 7) is 2.93. The van der Waals surface area contributed by atoms with Gasteiger partial charge in [-0.1, -0.05) is 109 Å². The van der Waals surface area contributed by atoms with Gasteiger partial charge in [-0.2, -0.15) is 0 Å². The van der Waals surface area contributed by atoms with Crippen LogP contribution in [0.4, 0.5) is 5.69 Å². The first-order chi connectivity index (χ1) is 28.4. The Morgan fingerprint density at radius 2 is 1.14 bits per heavy atom. The molecule has 1 heterocycles. The molecule has 0 bridgehead atoms. The molecule has 5 rings (SSSR count). The van der Waals surface area contributed by atoms with Crippen LogP contribution in [-0.4, -0.2) is 65.8 Å². The highest BCUT2D eigenvalue weighted by molar-refractivity contribution is 7.09. The van der Waals surface area contributed by atoms with Crippen LogP contribution in [-0.2, 0) is 41.6 Å². The number of carboxylic acid groups (broad SMARTS) is 1. The van der Waals surface area contributed by atoms with E-state index in [1.54, 1.807) is 53.8 Å². The second kappa shape index (κ2) is 25.3. The van der Waals surface area contributed by atoms with E-state index < -0.39 is 54.8 Å². The van der Waals surface area contributed by atoms with Gasteiger partial charge in [0.1, 0.15) is 18.6 Å². The molecule has 4 aromatic carbocycles. The molecular weight excluding hydrogens is 767 g/mol. The van der Waals surface area contributed by atoms with Crippen molar-refractivity contribution in [1.82, 2.24) is 21.3 Å². The normalized spacial score (nSPS) is 11.1. The van der Waals surface area contributed by atoms with Crippen molar-refractivity contribution in [2.24, 2.45) is 0 Å². The maximum atomic E-state index is 13.7. The van der Waals surface area contributed by atoms with Gasteiger partial charge < -0.3 is 31.7 Å². The Bertz CT molecular complexity index is 2110. The highest BCUT2D eigenvalue weighted by Gasteiger charge is 2.28. The minimum Gasteiger partial charge on any atom is -0.480 e. The lowest BCUT2D eigenvalue weighted by molar-refractivity contribution is -0.138. The number of aliphatic carboxylic acids is 1. The maximum Gasteiger partial charge on any atom is 0.322 e. The number of hydrogen-bond donors (Lipinski definition) is 6. The molecule has 0 saturated carbocycles. The highest BCUT2D eigenvalue weighted by atomic mass is 32.1. The summed E-state index contributed by atoms with van der Waals surface area (Å²) in [7, 11) is 0. The number of nitrogens with one attached hydrogen (secondary N) is 5. The van der Waals surface area contributed by atoms with E-state index in [1.165, 1.54) is 4.88 Å². The monoisotopic (exact) mass is 815 g/mol. The van der Waals surface area contributed by atoms with Crippen LogP contribution < -0.4 is 26.6 Å². The second-order valence-corrected chi connectivity index (χ2v) is 14.3. The molecular formula is C46H49N5O7S. The first-order valence-corrected chi connectivity index (χ1v) is 19.6. The van der Waals surface area contributed by atoms with Crippen LogP contribution in [0.1, 0.15) is 34.4 Å². The lowest BCUT2D eigenvalue weighted by atomic mass is 9.99. The van der Waals surface area contributed by atoms with Crippen LogP contribution in [0.5, 0.6) is 0 Å². The van der Waals surface area contributed by atoms with E-state index in [4.69, 9.17) is 5.11 Å². The summed E-state index contributed by atoms with van der Waals surface area (Å²) in [5.74, 6) is -4.17. The fraction of sp³-hybridized carbons (Fsp3) is 0.217. The lowest BCUT2D eigenvalue weighted by Crippen LogP contribution is -2.56. The van der Waals surface area contributed by atoms with E-state index >= 15 is 0 Å². The standard InChI is InChI=1S/C39H41N5O7.C5H6S.C2H2/c1-26-12-18-31(19-13-26)42-35(46)21-20-34(45)40-24-36(47)43-33(23-28-14-16-30(17-15-28)29-10-6-3-7-11-29)39(51)44-32(38(50)41-25-37(48)49)22-27-8-4-2-5-9-27;1-5-3-2-4-6-5;1-2/h2-19,32-33H,20-25H2,1H3,(H,40,45)(H,41,50)(H,42,46)(H,43,47)(H,44,51)(H,48,49);2-4H,1H3;1-2H/t32-,33-;;/m1../s1. The molecule has 0 fully saturated rings. The van der Waals surface area contributed by atoms with Crippen molar-refractivity contribution >= 4 is 52.5 Å². The third-order valence-corrected chi connectivity index (χ3v) is 9.31. The highest BCUT2D eigenvalue weighted by Crippen LogP contribution is 2.20. The number of rotatable bonds is 17. The van der Waals surface area contributed by atoms with Gasteiger partial charge in [0.25, 0.3) is 0 Å². The van der Waals surface area contributed by atoms with Crippen molar-refractivity contribution in [3.05, 3.63) is 148 Å². The molecule has 0 radical (unpaired) electrons. The van der Waals surface area contributed by atoms with E-state index in [-0.39, 0.29) is 31.6 Å². The van der Waals surface area contributed by atoms with Crippen molar-refractivity contribution in [2.45, 2.75) is 51.6 Å². The number of hydrogen-bond acceptors (Lipinski definition) is 7. The van der Waals surface area contributed by atoms with Crippen LogP contribution in [0.25, 0.3) is 11.1 Å². The number of amides is 5. The lowest BCUT2D eigenvalue weighted by Gasteiger charge is -2.23. The number of aryl methyl sites for hydroxylation is 2. The van der Waals surface area contributed by atoms with Crippen LogP contribution in [0, 0.1) is 26.7 Å². The molecule has 1 aromatic heterocycles. The van der Waals surface area contributed by atoms with Crippen LogP contribution in [0.15, 0.2) is 127 Å². The molecule has 0 unspecified atom stereocenters. The minimum atomic E-state index is -1.24. The molecule has 0 aliphatic rings. The smallest absolute Gasteiger partial charge is 0.322 e. The van der Waals surface area contributed by atoms with E-state index in [0.29, 0.717) is 11.3 Å². The van der Waals surface area contributed by atoms with Gasteiger partial charge in [-0.15, -0.1) is 24.2 Å². The van der Waals surface area contributed by atoms with E-state index in [2.05, 4.69) is 63.9 Å². The molecule has 0 spiro atoms. The molecule has 59 heavy (non-hydrogen) atoms. The Hall–Kier alpha value is -7.04. The number of anilines is 1. The van der Waals surface area contributed by atoms with E-state index in [1.807, 2.05) is 73.7 Å². The topological polar surface area (TPSA) is 183 Å². The van der Waals surface area contributed by atoms with Gasteiger partial charge in [0.15, 0.2) is 0 Å². The average Bonchev–Trinajstić information content (AvgIpc) is 3.74. The Balaban J connectivity index is 0.00000105. The number of carboxylic acids is 1. The Labute approximate surface area is 348 Å². The van der Waals surface area contributed by atoms with Gasteiger partial charge in [-0.3, -0.25) is 28.8 Å². The van der Waals surface area contributed by atoms with Crippen molar-refractivity contribution in [1.29, 1.82) is 0 Å². The fourth-order valence-corrected chi connectivity index (χ4v) is 6.02. The summed E-state index contributed by atoms with van der Waals surface area (Å²) in [4.78, 5) is 77.1. The van der Waals surface area contributed by atoms with Gasteiger partial charge in [0, 0.05) is 36.2 Å². The molecule has 5 amide bonds. The molecule has 6 N–H and O–H groups in total. The maximum absolute atomic E-state index is 13.7. The third-order valence-electron chi connectivity index (χ3n) is 8.51. The van der Waals surface area contributed by atoms with Gasteiger partial charge >= 0.3 is 5.97 Å². The Morgan fingerprint density at radius 3 is 1.69 bits per heavy atom. The van der Waals surface area contributed by atoms with E-state index in [0.717, 1.165) is 22.3 Å². The Morgan fingerprint density at radius 1 is 0.576 bits per heavy atom. The number of terminal acetylenes is 1. The second-order valence-electron chi connectivity index (χ2n) is 13.2. The summed E-state index contributed by atoms with van der Waals surface area (Å²) in [6, 6.07) is 35.1. The van der Waals surface area contributed by atoms with Gasteiger partial charge in [0.2, 0.25) is 29.5 Å². The van der Waals surface area contributed by atoms with Gasteiger partial charge in [-0.05, 0) is 59.7 Å². The number of carbonyl (C=O) groups excluding carboxylic acids is 5. The minimum absolute atomic E-state index is 0.0502. The van der Waals surface area contributed by atoms with Crippen molar-refractivity contribution in [3.63, 3.8) is 0 Å². The summed E-state index contributed by atoms with van der Waals surface area (Å²) < 4.78 is 0. The number of benzene rings is 4. The van der Waals surface area contributed by atoms with Gasteiger partial charge in [0.05, 0.1) is 6.54 Å². The molecule has 0 saturated heterocycles. The number of carbonyl (C=O) groups is 6. The summed E-state index contributed by atoms with van der Waals surface area (Å²) >= 11 is 1.78. The molecule has 13 heteroatoms. The predicted octanol–water partition coefficient (Wildman–Crippen LogP) is 5.46. The van der Waals surface area contributed by atoms with Crippen LogP contribution in [0.3, 0.4) is 0 Å². The SMILES string of the molecule is C#C.Cc1ccc(NC(=O)CCC(=O)NCC(=O)N[C@H](Cc2ccc(-c3ccccc3)cc2)C(=O)N[C@H](Cc2ccccc2)C(=O)NCC(=O)O)cc1.Cc1cccs1. The quantitative estimate of drug-likeness (QED) is 0.0674. The summed E-state index contributed by atoms with van der Waals surface area (Å²) in [5.41, 5.74) is 5.05. The zero-order valence-electron chi connectivity index (χ0n) is 33.0.